The molecule has 0 aliphatic carbocycles. The van der Waals surface area contributed by atoms with Crippen LogP contribution in [0.5, 0.6) is 5.75 Å². The molecular weight excluding hydrogens is 911 g/mol. The van der Waals surface area contributed by atoms with Crippen LogP contribution in [0.3, 0.4) is 0 Å². The van der Waals surface area contributed by atoms with E-state index >= 15 is 0 Å². The molecule has 0 heterocycles. The first-order chi connectivity index (χ1) is 32.4. The lowest BCUT2D eigenvalue weighted by Gasteiger charge is -2.27. The first-order valence-corrected chi connectivity index (χ1v) is 22.4. The highest BCUT2D eigenvalue weighted by Crippen LogP contribution is 2.13. The molecular formula is C43H71N11O15. The number of carboxylic acid groups (broad SMARTS) is 1. The second-order valence-electron chi connectivity index (χ2n) is 17.1. The van der Waals surface area contributed by atoms with E-state index in [1.807, 2.05) is 0 Å². The van der Waals surface area contributed by atoms with Crippen molar-refractivity contribution in [1.82, 2.24) is 47.9 Å². The summed E-state index contributed by atoms with van der Waals surface area (Å²) in [5.74, 6) is -10.4. The van der Waals surface area contributed by atoms with Crippen LogP contribution in [0.4, 0.5) is 0 Å². The van der Waals surface area contributed by atoms with Gasteiger partial charge >= 0.3 is 5.97 Å². The molecule has 69 heavy (non-hydrogen) atoms. The standard InChI is InChI=1S/C43H71N11O15/c1-21(2)15-29(38(63)52-31(19-56)40(65)48-24(6)43(68)69)51-39(64)30(16-25-10-12-26(58)13-11-25)49-33(59)17-46-37(62)28(9-7-8-14-44)50-41(66)32(20-57)53-42(67)34(22(3)4)54-35(60)23(5)47-36(61)27(45)18-55/h10-13,21-24,27-32,34,55-58H,7-9,14-20,44-45H2,1-6H3,(H,46,62)(H,47,61)(H,48,65)(H,49,59)(H,50,66)(H,51,64)(H,52,63)(H,53,67)(H,54,60)(H,68,69)/t23-,24-,27-,28-,29-,30-,31-,32-,34-/m0/s1. The number of nitrogens with two attached hydrogens (primary N) is 2. The summed E-state index contributed by atoms with van der Waals surface area (Å²) in [6.45, 7) is 6.05. The Morgan fingerprint density at radius 2 is 1.06 bits per heavy atom. The zero-order valence-corrected chi connectivity index (χ0v) is 39.7. The van der Waals surface area contributed by atoms with Gasteiger partial charge in [0.25, 0.3) is 0 Å². The third kappa shape index (κ3) is 22.0. The number of carbonyl (C=O) groups is 10. The maximum absolute atomic E-state index is 13.9. The molecule has 0 unspecified atom stereocenters. The third-order valence-electron chi connectivity index (χ3n) is 10.3. The van der Waals surface area contributed by atoms with Gasteiger partial charge in [-0.1, -0.05) is 39.8 Å². The van der Waals surface area contributed by atoms with E-state index < -0.39 is 146 Å². The van der Waals surface area contributed by atoms with Gasteiger partial charge < -0.3 is 84.9 Å². The topological polar surface area (TPSA) is 432 Å². The number of amides is 9. The fourth-order valence-electron chi connectivity index (χ4n) is 6.20. The van der Waals surface area contributed by atoms with Gasteiger partial charge in [0.1, 0.15) is 60.1 Å². The molecule has 9 atom stereocenters. The monoisotopic (exact) mass is 982 g/mol. The van der Waals surface area contributed by atoms with Crippen molar-refractivity contribution in [2.75, 3.05) is 32.9 Å². The molecule has 9 amide bonds. The molecule has 0 radical (unpaired) electrons. The van der Waals surface area contributed by atoms with Crippen LogP contribution in [-0.4, -0.2) is 172 Å². The number of aromatic hydroxyl groups is 1. The van der Waals surface area contributed by atoms with Gasteiger partial charge in [-0.15, -0.1) is 0 Å². The molecule has 0 spiro atoms. The summed E-state index contributed by atoms with van der Waals surface area (Å²) >= 11 is 0. The lowest BCUT2D eigenvalue weighted by Crippen LogP contribution is -2.60. The average molecular weight is 982 g/mol. The highest BCUT2D eigenvalue weighted by atomic mass is 16.4. The van der Waals surface area contributed by atoms with Gasteiger partial charge in [0, 0.05) is 6.42 Å². The van der Waals surface area contributed by atoms with Gasteiger partial charge in [-0.2, -0.15) is 0 Å². The minimum absolute atomic E-state index is 0.00854. The van der Waals surface area contributed by atoms with Gasteiger partial charge in [0.05, 0.1) is 26.4 Å². The number of unbranched alkanes of at least 4 members (excludes halogenated alkanes) is 1. The van der Waals surface area contributed by atoms with Gasteiger partial charge in [0.2, 0.25) is 53.2 Å². The number of rotatable bonds is 31. The smallest absolute Gasteiger partial charge is 0.325 e. The second kappa shape index (κ2) is 30.8. The summed E-state index contributed by atoms with van der Waals surface area (Å²) in [7, 11) is 0. The molecule has 18 N–H and O–H groups in total. The van der Waals surface area contributed by atoms with E-state index in [2.05, 4.69) is 47.9 Å². The first kappa shape index (κ1) is 60.5. The van der Waals surface area contributed by atoms with Crippen molar-refractivity contribution in [3.8, 4) is 5.75 Å². The molecule has 26 heteroatoms. The Labute approximate surface area is 399 Å². The number of phenolic OH excluding ortho intramolecular Hbond substituents is 1. The number of aliphatic hydroxyl groups is 3. The van der Waals surface area contributed by atoms with Crippen LogP contribution in [-0.2, 0) is 54.4 Å². The average Bonchev–Trinajstić information content (AvgIpc) is 3.29. The van der Waals surface area contributed by atoms with E-state index in [0.29, 0.717) is 18.4 Å². The summed E-state index contributed by atoms with van der Waals surface area (Å²) in [6.07, 6.45) is 0.525. The molecule has 26 nitrogen and oxygen atoms in total. The van der Waals surface area contributed by atoms with Crippen LogP contribution < -0.4 is 59.3 Å². The number of phenols is 1. The Kier molecular flexibility index (Phi) is 27.0. The van der Waals surface area contributed by atoms with E-state index in [-0.39, 0.29) is 37.5 Å². The fraction of sp³-hybridized carbons (Fsp3) is 0.628. The normalized spacial score (nSPS) is 15.0. The zero-order chi connectivity index (χ0) is 52.5. The van der Waals surface area contributed by atoms with Crippen LogP contribution in [0.25, 0.3) is 0 Å². The van der Waals surface area contributed by atoms with Crippen molar-refractivity contribution in [3.05, 3.63) is 29.8 Å². The highest BCUT2D eigenvalue weighted by Gasteiger charge is 2.34. The van der Waals surface area contributed by atoms with Crippen LogP contribution in [0.15, 0.2) is 24.3 Å². The van der Waals surface area contributed by atoms with Crippen LogP contribution >= 0.6 is 0 Å². The Bertz CT molecular complexity index is 1900. The highest BCUT2D eigenvalue weighted by molar-refractivity contribution is 5.98. The minimum atomic E-state index is -1.64. The van der Waals surface area contributed by atoms with Crippen molar-refractivity contribution in [2.24, 2.45) is 23.3 Å². The van der Waals surface area contributed by atoms with Crippen LogP contribution in [0, 0.1) is 11.8 Å². The molecule has 0 saturated heterocycles. The van der Waals surface area contributed by atoms with Crippen molar-refractivity contribution in [2.45, 2.75) is 128 Å². The minimum Gasteiger partial charge on any atom is -0.508 e. The van der Waals surface area contributed by atoms with Crippen LogP contribution in [0.1, 0.15) is 72.8 Å². The van der Waals surface area contributed by atoms with E-state index in [1.165, 1.54) is 38.1 Å². The number of carbonyl (C=O) groups excluding carboxylic acids is 9. The Balaban J connectivity index is 3.23. The summed E-state index contributed by atoms with van der Waals surface area (Å²) in [4.78, 5) is 130. The summed E-state index contributed by atoms with van der Waals surface area (Å²) in [5.41, 5.74) is 11.6. The molecule has 0 aliphatic rings. The molecule has 0 saturated carbocycles. The molecule has 0 aliphatic heterocycles. The van der Waals surface area contributed by atoms with Gasteiger partial charge in [-0.05, 0) is 75.6 Å². The van der Waals surface area contributed by atoms with E-state index in [4.69, 9.17) is 21.7 Å². The SMILES string of the molecule is CC(C)C[C@H](NC(=O)[C@H](Cc1ccc(O)cc1)NC(=O)CNC(=O)[C@H](CCCCN)NC(=O)[C@H](CO)NC(=O)[C@@H](NC(=O)[C@H](C)NC(=O)[C@@H](N)CO)C(C)C)C(=O)N[C@@H](CO)C(=O)N[C@@H](C)C(=O)O. The number of hydrogen-bond donors (Lipinski definition) is 16. The quantitative estimate of drug-likeness (QED) is 0.0308. The molecule has 1 rings (SSSR count). The summed E-state index contributed by atoms with van der Waals surface area (Å²) < 4.78 is 0. The van der Waals surface area contributed by atoms with Crippen molar-refractivity contribution in [1.29, 1.82) is 0 Å². The number of aliphatic carboxylic acids is 1. The predicted molar refractivity (Wildman–Crippen MR) is 246 cm³/mol. The molecule has 388 valence electrons. The number of benzene rings is 1. The number of nitrogens with one attached hydrogen (secondary N) is 9. The Hall–Kier alpha value is -6.48. The maximum Gasteiger partial charge on any atom is 0.325 e. The van der Waals surface area contributed by atoms with E-state index in [0.717, 1.165) is 0 Å². The molecule has 0 bridgehead atoms. The van der Waals surface area contributed by atoms with E-state index in [9.17, 15) is 63.3 Å². The maximum atomic E-state index is 13.9. The summed E-state index contributed by atoms with van der Waals surface area (Å²) in [6, 6.07) is -6.84. The van der Waals surface area contributed by atoms with Gasteiger partial charge in [0.15, 0.2) is 0 Å². The molecule has 0 aromatic heterocycles. The molecule has 1 aromatic rings. The van der Waals surface area contributed by atoms with E-state index in [1.54, 1.807) is 27.7 Å². The number of aliphatic hydroxyl groups excluding tert-OH is 3. The molecule has 0 fully saturated rings. The number of carboxylic acids is 1. The lowest BCUT2D eigenvalue weighted by molar-refractivity contribution is -0.142. The Morgan fingerprint density at radius 1 is 0.551 bits per heavy atom. The van der Waals surface area contributed by atoms with Crippen molar-refractivity contribution >= 4 is 59.1 Å². The van der Waals surface area contributed by atoms with Crippen molar-refractivity contribution < 1.29 is 73.5 Å². The van der Waals surface area contributed by atoms with Gasteiger partial charge in [-0.3, -0.25) is 47.9 Å². The summed E-state index contributed by atoms with van der Waals surface area (Å²) in [5, 5.41) is 69.4. The van der Waals surface area contributed by atoms with Gasteiger partial charge in [-0.25, -0.2) is 0 Å². The second-order valence-corrected chi connectivity index (χ2v) is 17.1. The largest absolute Gasteiger partial charge is 0.508 e. The first-order valence-electron chi connectivity index (χ1n) is 22.4. The lowest BCUT2D eigenvalue weighted by atomic mass is 10.0. The third-order valence-corrected chi connectivity index (χ3v) is 10.3. The van der Waals surface area contributed by atoms with Crippen LogP contribution in [0.2, 0.25) is 0 Å². The zero-order valence-electron chi connectivity index (χ0n) is 39.7. The number of hydrogen-bond acceptors (Lipinski definition) is 16. The Morgan fingerprint density at radius 3 is 1.58 bits per heavy atom. The molecule has 1 aromatic carbocycles. The fourth-order valence-corrected chi connectivity index (χ4v) is 6.20. The predicted octanol–water partition coefficient (Wildman–Crippen LogP) is -5.81. The van der Waals surface area contributed by atoms with Crippen molar-refractivity contribution in [3.63, 3.8) is 0 Å².